The van der Waals surface area contributed by atoms with Crippen molar-refractivity contribution in [1.29, 1.82) is 0 Å². The van der Waals surface area contributed by atoms with Crippen LogP contribution >= 0.6 is 0 Å². The monoisotopic (exact) mass is 466 g/mol. The fourth-order valence-corrected chi connectivity index (χ4v) is 3.65. The fourth-order valence-electron chi connectivity index (χ4n) is 3.65. The van der Waals surface area contributed by atoms with Gasteiger partial charge in [0.2, 0.25) is 0 Å². The van der Waals surface area contributed by atoms with Crippen LogP contribution in [-0.4, -0.2) is 24.3 Å². The zero-order valence-corrected chi connectivity index (χ0v) is 19.3. The summed E-state index contributed by atoms with van der Waals surface area (Å²) < 4.78 is 11.3. The molecule has 0 bridgehead atoms. The molecule has 0 saturated heterocycles. The van der Waals surface area contributed by atoms with E-state index in [1.807, 2.05) is 42.5 Å². The quantitative estimate of drug-likeness (QED) is 0.278. The van der Waals surface area contributed by atoms with Crippen LogP contribution in [0.5, 0.6) is 11.5 Å². The average Bonchev–Trinajstić information content (AvgIpc) is 2.93. The number of benzene rings is 4. The maximum atomic E-state index is 13.1. The van der Waals surface area contributed by atoms with Crippen LogP contribution in [0.1, 0.15) is 22.3 Å². The summed E-state index contributed by atoms with van der Waals surface area (Å²) in [6.07, 6.45) is 1.48. The number of amides is 1. The number of methoxy groups -OCH3 is 1. The first-order valence-electron chi connectivity index (χ1n) is 11.1. The van der Waals surface area contributed by atoms with Crippen LogP contribution in [-0.2, 0) is 17.0 Å². The molecule has 6 nitrogen and oxygen atoms in total. The Bertz CT molecular complexity index is 1240. The van der Waals surface area contributed by atoms with Crippen molar-refractivity contribution in [1.82, 2.24) is 5.43 Å². The Morgan fingerprint density at radius 1 is 0.857 bits per heavy atom. The second-order valence-electron chi connectivity index (χ2n) is 7.83. The Morgan fingerprint density at radius 3 is 2.00 bits per heavy atom. The summed E-state index contributed by atoms with van der Waals surface area (Å²) >= 11 is 0. The number of aliphatic hydroxyl groups is 1. The van der Waals surface area contributed by atoms with E-state index in [4.69, 9.17) is 9.47 Å². The van der Waals surface area contributed by atoms with E-state index in [0.29, 0.717) is 34.8 Å². The van der Waals surface area contributed by atoms with Crippen LogP contribution in [0.4, 0.5) is 0 Å². The lowest BCUT2D eigenvalue weighted by atomic mass is 9.85. The maximum absolute atomic E-state index is 13.1. The molecule has 0 aliphatic rings. The van der Waals surface area contributed by atoms with Crippen molar-refractivity contribution in [2.45, 2.75) is 12.2 Å². The van der Waals surface area contributed by atoms with Crippen molar-refractivity contribution in [2.75, 3.05) is 7.11 Å². The third-order valence-electron chi connectivity index (χ3n) is 5.52. The first kappa shape index (κ1) is 23.7. The van der Waals surface area contributed by atoms with Gasteiger partial charge in [0.25, 0.3) is 5.91 Å². The van der Waals surface area contributed by atoms with Crippen molar-refractivity contribution >= 4 is 12.1 Å². The molecule has 0 unspecified atom stereocenters. The molecule has 35 heavy (non-hydrogen) atoms. The molecule has 0 spiro atoms. The first-order valence-corrected chi connectivity index (χ1v) is 11.1. The van der Waals surface area contributed by atoms with Gasteiger partial charge >= 0.3 is 0 Å². The normalized spacial score (nSPS) is 11.3. The minimum Gasteiger partial charge on any atom is -0.493 e. The van der Waals surface area contributed by atoms with Gasteiger partial charge in [0, 0.05) is 0 Å². The molecule has 0 saturated carbocycles. The molecule has 2 N–H and O–H groups in total. The van der Waals surface area contributed by atoms with E-state index >= 15 is 0 Å². The number of hydrogen-bond donors (Lipinski definition) is 2. The van der Waals surface area contributed by atoms with Gasteiger partial charge < -0.3 is 14.6 Å². The van der Waals surface area contributed by atoms with Crippen molar-refractivity contribution in [3.8, 4) is 11.5 Å². The zero-order chi connectivity index (χ0) is 24.5. The van der Waals surface area contributed by atoms with Gasteiger partial charge in [-0.05, 0) is 40.5 Å². The number of hydrazone groups is 1. The molecule has 0 fully saturated rings. The molecule has 0 atom stereocenters. The lowest BCUT2D eigenvalue weighted by Crippen LogP contribution is -2.43. The van der Waals surface area contributed by atoms with Crippen LogP contribution in [0.3, 0.4) is 0 Å². The molecular weight excluding hydrogens is 440 g/mol. The molecule has 0 aliphatic carbocycles. The molecule has 1 amide bonds. The molecule has 0 aromatic heterocycles. The predicted molar refractivity (Wildman–Crippen MR) is 135 cm³/mol. The molecule has 0 aliphatic heterocycles. The van der Waals surface area contributed by atoms with E-state index in [2.05, 4.69) is 10.5 Å². The number of nitrogens with zero attached hydrogens (tertiary/aromatic N) is 1. The van der Waals surface area contributed by atoms with Gasteiger partial charge in [-0.1, -0.05) is 91.0 Å². The van der Waals surface area contributed by atoms with Gasteiger partial charge in [-0.15, -0.1) is 0 Å². The smallest absolute Gasteiger partial charge is 0.281 e. The highest BCUT2D eigenvalue weighted by Gasteiger charge is 2.39. The van der Waals surface area contributed by atoms with Crippen LogP contribution in [0.2, 0.25) is 0 Å². The molecule has 4 aromatic carbocycles. The van der Waals surface area contributed by atoms with Gasteiger partial charge in [-0.25, -0.2) is 5.43 Å². The Labute approximate surface area is 204 Å². The minimum absolute atomic E-state index is 0.415. The van der Waals surface area contributed by atoms with Gasteiger partial charge in [-0.3, -0.25) is 4.79 Å². The lowest BCUT2D eigenvalue weighted by Gasteiger charge is -2.27. The van der Waals surface area contributed by atoms with Crippen molar-refractivity contribution in [3.63, 3.8) is 0 Å². The summed E-state index contributed by atoms with van der Waals surface area (Å²) in [5.41, 5.74) is 3.21. The Kier molecular flexibility index (Phi) is 7.55. The number of ether oxygens (including phenoxy) is 2. The number of carbonyl (C=O) groups excluding carboxylic acids is 1. The van der Waals surface area contributed by atoms with Gasteiger partial charge in [0.15, 0.2) is 17.1 Å². The van der Waals surface area contributed by atoms with Gasteiger partial charge in [0.05, 0.1) is 13.3 Å². The highest BCUT2D eigenvalue weighted by Crippen LogP contribution is 2.30. The first-order chi connectivity index (χ1) is 17.1. The Morgan fingerprint density at radius 2 is 1.43 bits per heavy atom. The SMILES string of the molecule is COc1cc(/C=N/NC(=O)C(O)(c2ccccc2)c2ccccc2)ccc1OCc1ccccc1. The predicted octanol–water partition coefficient (Wildman–Crippen LogP) is 4.66. The van der Waals surface area contributed by atoms with Crippen LogP contribution in [0, 0.1) is 0 Å². The van der Waals surface area contributed by atoms with E-state index < -0.39 is 11.5 Å². The van der Waals surface area contributed by atoms with E-state index in [1.54, 1.807) is 73.8 Å². The Balaban J connectivity index is 1.49. The highest BCUT2D eigenvalue weighted by atomic mass is 16.5. The molecule has 0 radical (unpaired) electrons. The summed E-state index contributed by atoms with van der Waals surface area (Å²) in [4.78, 5) is 13.1. The second-order valence-corrected chi connectivity index (χ2v) is 7.83. The number of hydrogen-bond acceptors (Lipinski definition) is 5. The summed E-state index contributed by atoms with van der Waals surface area (Å²) in [5, 5.41) is 15.5. The second kappa shape index (κ2) is 11.1. The van der Waals surface area contributed by atoms with Gasteiger partial charge in [-0.2, -0.15) is 5.10 Å². The Hall–Kier alpha value is -4.42. The third kappa shape index (κ3) is 5.57. The van der Waals surface area contributed by atoms with E-state index in [0.717, 1.165) is 5.56 Å². The van der Waals surface area contributed by atoms with E-state index in [9.17, 15) is 9.90 Å². The van der Waals surface area contributed by atoms with Crippen molar-refractivity contribution < 1.29 is 19.4 Å². The summed E-state index contributed by atoms with van der Waals surface area (Å²) in [7, 11) is 1.56. The fraction of sp³-hybridized carbons (Fsp3) is 0.103. The maximum Gasteiger partial charge on any atom is 0.281 e. The average molecular weight is 467 g/mol. The van der Waals surface area contributed by atoms with Crippen LogP contribution < -0.4 is 14.9 Å². The zero-order valence-electron chi connectivity index (χ0n) is 19.3. The lowest BCUT2D eigenvalue weighted by molar-refractivity contribution is -0.136. The van der Waals surface area contributed by atoms with E-state index in [1.165, 1.54) is 6.21 Å². The number of nitrogens with one attached hydrogen (secondary N) is 1. The van der Waals surface area contributed by atoms with Gasteiger partial charge in [0.1, 0.15) is 6.61 Å². The molecule has 4 rings (SSSR count). The molecule has 4 aromatic rings. The minimum atomic E-state index is -1.90. The standard InChI is InChI=1S/C29H26N2O4/c1-34-27-19-23(17-18-26(27)35-21-22-11-5-2-6-12-22)20-30-31-28(32)29(33,24-13-7-3-8-14-24)25-15-9-4-10-16-25/h2-20,33H,21H2,1H3,(H,31,32)/b30-20+. The molecule has 176 valence electrons. The van der Waals surface area contributed by atoms with E-state index in [-0.39, 0.29) is 0 Å². The number of carbonyl (C=O) groups is 1. The molecular formula is C29H26N2O4. The van der Waals surface area contributed by atoms with Crippen LogP contribution in [0.25, 0.3) is 0 Å². The van der Waals surface area contributed by atoms with Crippen molar-refractivity contribution in [2.24, 2.45) is 5.10 Å². The molecule has 0 heterocycles. The topological polar surface area (TPSA) is 80.2 Å². The summed E-state index contributed by atoms with van der Waals surface area (Å²) in [6, 6.07) is 32.8. The number of rotatable bonds is 9. The summed E-state index contributed by atoms with van der Waals surface area (Å²) in [5.74, 6) is 0.474. The largest absolute Gasteiger partial charge is 0.493 e. The molecule has 6 heteroatoms. The highest BCUT2D eigenvalue weighted by molar-refractivity contribution is 5.91. The van der Waals surface area contributed by atoms with Crippen molar-refractivity contribution in [3.05, 3.63) is 131 Å². The summed E-state index contributed by atoms with van der Waals surface area (Å²) in [6.45, 7) is 0.415. The third-order valence-corrected chi connectivity index (χ3v) is 5.52. The van der Waals surface area contributed by atoms with Crippen LogP contribution in [0.15, 0.2) is 114 Å².